The van der Waals surface area contributed by atoms with Crippen molar-refractivity contribution in [1.82, 2.24) is 10.3 Å². The van der Waals surface area contributed by atoms with Crippen LogP contribution >= 0.6 is 0 Å². The molecule has 0 saturated heterocycles. The molecule has 2 rings (SSSR count). The number of ether oxygens (including phenoxy) is 2. The van der Waals surface area contributed by atoms with E-state index in [9.17, 15) is 9.59 Å². The SMILES string of the molecule is CCOc1ccc([C@H](C)N[C@@H](C)C(=O)c2[nH]c(C)c(C(C)=O)c2C)cc1OCC. The summed E-state index contributed by atoms with van der Waals surface area (Å²) in [6.07, 6.45) is 0. The maximum absolute atomic E-state index is 13.0. The number of carbonyl (C=O) groups is 2. The summed E-state index contributed by atoms with van der Waals surface area (Å²) in [6.45, 7) is 14.0. The molecule has 1 aromatic carbocycles. The van der Waals surface area contributed by atoms with Gasteiger partial charge in [-0.15, -0.1) is 0 Å². The lowest BCUT2D eigenvalue weighted by atomic mass is 10.0. The van der Waals surface area contributed by atoms with Gasteiger partial charge in [-0.25, -0.2) is 0 Å². The number of aryl methyl sites for hydroxylation is 1. The molecule has 0 radical (unpaired) electrons. The molecule has 0 aliphatic carbocycles. The Bertz CT molecular complexity index is 885. The standard InChI is InChI=1S/C23H32N2O4/c1-8-28-19-11-10-18(12-20(19)29-9-2)14(4)24-16(6)23(27)22-13(3)21(17(7)26)15(5)25-22/h10-12,14,16,24-25H,8-9H2,1-7H3/t14-,16-/m0/s1. The molecule has 2 atom stereocenters. The average molecular weight is 401 g/mol. The molecule has 29 heavy (non-hydrogen) atoms. The summed E-state index contributed by atoms with van der Waals surface area (Å²) in [6, 6.07) is 5.31. The van der Waals surface area contributed by atoms with Gasteiger partial charge in [0.2, 0.25) is 0 Å². The monoisotopic (exact) mass is 400 g/mol. The first-order chi connectivity index (χ1) is 13.7. The van der Waals surface area contributed by atoms with Gasteiger partial charge in [0.05, 0.1) is 24.9 Å². The Kier molecular flexibility index (Phi) is 7.62. The van der Waals surface area contributed by atoms with Crippen LogP contribution in [-0.2, 0) is 0 Å². The van der Waals surface area contributed by atoms with Crippen molar-refractivity contribution >= 4 is 11.6 Å². The quantitative estimate of drug-likeness (QED) is 0.572. The summed E-state index contributed by atoms with van der Waals surface area (Å²) in [4.78, 5) is 27.9. The lowest BCUT2D eigenvalue weighted by Crippen LogP contribution is -2.36. The van der Waals surface area contributed by atoms with Crippen LogP contribution in [0.4, 0.5) is 0 Å². The zero-order valence-electron chi connectivity index (χ0n) is 18.4. The van der Waals surface area contributed by atoms with Crippen LogP contribution in [0.25, 0.3) is 0 Å². The molecule has 1 heterocycles. The van der Waals surface area contributed by atoms with Crippen molar-refractivity contribution in [2.75, 3.05) is 13.2 Å². The van der Waals surface area contributed by atoms with E-state index in [1.54, 1.807) is 0 Å². The second-order valence-corrected chi connectivity index (χ2v) is 7.23. The van der Waals surface area contributed by atoms with E-state index in [-0.39, 0.29) is 17.6 Å². The molecule has 0 fully saturated rings. The Labute approximate surface area is 173 Å². The van der Waals surface area contributed by atoms with Crippen molar-refractivity contribution in [2.24, 2.45) is 0 Å². The van der Waals surface area contributed by atoms with E-state index < -0.39 is 6.04 Å². The Morgan fingerprint density at radius 1 is 1.07 bits per heavy atom. The molecule has 6 heteroatoms. The van der Waals surface area contributed by atoms with Gasteiger partial charge < -0.3 is 19.8 Å². The van der Waals surface area contributed by atoms with Crippen molar-refractivity contribution in [3.8, 4) is 11.5 Å². The predicted octanol–water partition coefficient (Wildman–Crippen LogP) is 4.55. The predicted molar refractivity (Wildman–Crippen MR) is 114 cm³/mol. The molecule has 6 nitrogen and oxygen atoms in total. The summed E-state index contributed by atoms with van der Waals surface area (Å²) < 4.78 is 11.3. The number of carbonyl (C=O) groups excluding carboxylic acids is 2. The van der Waals surface area contributed by atoms with Gasteiger partial charge in [0, 0.05) is 17.3 Å². The summed E-state index contributed by atoms with van der Waals surface area (Å²) in [5.74, 6) is 1.30. The van der Waals surface area contributed by atoms with Gasteiger partial charge in [-0.3, -0.25) is 9.59 Å². The van der Waals surface area contributed by atoms with Crippen LogP contribution in [0.3, 0.4) is 0 Å². The molecule has 0 aliphatic rings. The highest BCUT2D eigenvalue weighted by Gasteiger charge is 2.25. The van der Waals surface area contributed by atoms with Crippen molar-refractivity contribution in [3.63, 3.8) is 0 Å². The highest BCUT2D eigenvalue weighted by molar-refractivity contribution is 6.05. The third-order valence-corrected chi connectivity index (χ3v) is 5.00. The molecule has 0 saturated carbocycles. The topological polar surface area (TPSA) is 80.4 Å². The molecular weight excluding hydrogens is 368 g/mol. The van der Waals surface area contributed by atoms with Gasteiger partial charge in [0.1, 0.15) is 0 Å². The van der Waals surface area contributed by atoms with Crippen LogP contribution in [0.15, 0.2) is 18.2 Å². The largest absolute Gasteiger partial charge is 0.490 e. The smallest absolute Gasteiger partial charge is 0.195 e. The molecule has 0 aliphatic heterocycles. The maximum atomic E-state index is 13.0. The lowest BCUT2D eigenvalue weighted by Gasteiger charge is -2.21. The molecule has 1 aromatic heterocycles. The number of aromatic nitrogens is 1. The van der Waals surface area contributed by atoms with Crippen molar-refractivity contribution < 1.29 is 19.1 Å². The van der Waals surface area contributed by atoms with Crippen LogP contribution in [0.5, 0.6) is 11.5 Å². The van der Waals surface area contributed by atoms with E-state index in [0.29, 0.717) is 41.5 Å². The van der Waals surface area contributed by atoms with Crippen molar-refractivity contribution in [3.05, 3.63) is 46.3 Å². The van der Waals surface area contributed by atoms with Crippen molar-refractivity contribution in [2.45, 2.75) is 60.5 Å². The van der Waals surface area contributed by atoms with E-state index in [1.807, 2.05) is 59.7 Å². The van der Waals surface area contributed by atoms with Gasteiger partial charge in [0.25, 0.3) is 0 Å². The van der Waals surface area contributed by atoms with E-state index in [0.717, 1.165) is 11.3 Å². The Morgan fingerprint density at radius 3 is 2.24 bits per heavy atom. The normalized spacial score (nSPS) is 13.1. The molecule has 0 spiro atoms. The highest BCUT2D eigenvalue weighted by Crippen LogP contribution is 2.31. The van der Waals surface area contributed by atoms with Gasteiger partial charge >= 0.3 is 0 Å². The van der Waals surface area contributed by atoms with Crippen LogP contribution < -0.4 is 14.8 Å². The van der Waals surface area contributed by atoms with E-state index in [4.69, 9.17) is 9.47 Å². The average Bonchev–Trinajstić information content (AvgIpc) is 2.97. The van der Waals surface area contributed by atoms with Crippen molar-refractivity contribution in [1.29, 1.82) is 0 Å². The molecule has 2 N–H and O–H groups in total. The van der Waals surface area contributed by atoms with Gasteiger partial charge in [0.15, 0.2) is 23.1 Å². The number of benzene rings is 1. The maximum Gasteiger partial charge on any atom is 0.195 e. The second-order valence-electron chi connectivity index (χ2n) is 7.23. The van der Waals surface area contributed by atoms with E-state index in [2.05, 4.69) is 10.3 Å². The molecule has 2 aromatic rings. The molecule has 158 valence electrons. The number of hydrogen-bond acceptors (Lipinski definition) is 5. The fraction of sp³-hybridized carbons (Fsp3) is 0.478. The Balaban J connectivity index is 2.19. The minimum Gasteiger partial charge on any atom is -0.490 e. The zero-order valence-corrected chi connectivity index (χ0v) is 18.4. The first-order valence-corrected chi connectivity index (χ1v) is 10.1. The first-order valence-electron chi connectivity index (χ1n) is 10.1. The van der Waals surface area contributed by atoms with Crippen LogP contribution in [-0.4, -0.2) is 35.8 Å². The lowest BCUT2D eigenvalue weighted by molar-refractivity contribution is 0.0940. The highest BCUT2D eigenvalue weighted by atomic mass is 16.5. The van der Waals surface area contributed by atoms with E-state index in [1.165, 1.54) is 6.92 Å². The number of Topliss-reactive ketones (excluding diaryl/α,β-unsaturated/α-hetero) is 2. The molecule has 0 amide bonds. The number of hydrogen-bond donors (Lipinski definition) is 2. The summed E-state index contributed by atoms with van der Waals surface area (Å²) >= 11 is 0. The third kappa shape index (κ3) is 5.07. The van der Waals surface area contributed by atoms with E-state index >= 15 is 0 Å². The van der Waals surface area contributed by atoms with Crippen LogP contribution in [0.1, 0.15) is 78.3 Å². The third-order valence-electron chi connectivity index (χ3n) is 5.00. The zero-order chi connectivity index (χ0) is 21.7. The fourth-order valence-corrected chi connectivity index (χ4v) is 3.62. The van der Waals surface area contributed by atoms with Gasteiger partial charge in [-0.05, 0) is 71.7 Å². The minimum atomic E-state index is -0.427. The van der Waals surface area contributed by atoms with Crippen LogP contribution in [0.2, 0.25) is 0 Å². The van der Waals surface area contributed by atoms with Crippen LogP contribution in [0, 0.1) is 13.8 Å². The number of rotatable bonds is 10. The minimum absolute atomic E-state index is 0.0397. The number of ketones is 2. The number of nitrogens with one attached hydrogen (secondary N) is 2. The van der Waals surface area contributed by atoms with Gasteiger partial charge in [-0.2, -0.15) is 0 Å². The molecular formula is C23H32N2O4. The fourth-order valence-electron chi connectivity index (χ4n) is 3.62. The molecule has 0 unspecified atom stereocenters. The Hall–Kier alpha value is -2.60. The summed E-state index contributed by atoms with van der Waals surface area (Å²) in [5, 5.41) is 3.35. The number of H-pyrrole nitrogens is 1. The Morgan fingerprint density at radius 2 is 1.69 bits per heavy atom. The number of aromatic amines is 1. The first kappa shape index (κ1) is 22.7. The second kappa shape index (κ2) is 9.74. The summed E-state index contributed by atoms with van der Waals surface area (Å²) in [7, 11) is 0. The molecule has 0 bridgehead atoms. The van der Waals surface area contributed by atoms with Gasteiger partial charge in [-0.1, -0.05) is 6.07 Å². The summed E-state index contributed by atoms with van der Waals surface area (Å²) in [5.41, 5.74) is 3.52.